The minimum Gasteiger partial charge on any atom is -0.307 e. The lowest BCUT2D eigenvalue weighted by molar-refractivity contribution is 0.101. The van der Waals surface area contributed by atoms with Crippen molar-refractivity contribution < 1.29 is 22.0 Å². The van der Waals surface area contributed by atoms with E-state index < -0.39 is 33.0 Å². The second-order valence-electron chi connectivity index (χ2n) is 9.18. The molecule has 206 valence electrons. The van der Waals surface area contributed by atoms with Gasteiger partial charge in [-0.25, -0.2) is 17.2 Å². The lowest BCUT2D eigenvalue weighted by Crippen LogP contribution is -2.17. The van der Waals surface area contributed by atoms with Crippen molar-refractivity contribution in [1.82, 2.24) is 14.3 Å². The molecule has 0 bridgehead atoms. The highest BCUT2D eigenvalue weighted by Crippen LogP contribution is 2.42. The zero-order valence-corrected chi connectivity index (χ0v) is 24.0. The van der Waals surface area contributed by atoms with Crippen LogP contribution in [0.25, 0.3) is 16.6 Å². The molecule has 0 unspecified atom stereocenters. The summed E-state index contributed by atoms with van der Waals surface area (Å²) in [5.41, 5.74) is 1.14. The van der Waals surface area contributed by atoms with Crippen LogP contribution in [0.4, 0.5) is 8.78 Å². The Morgan fingerprint density at radius 1 is 1.02 bits per heavy atom. The van der Waals surface area contributed by atoms with Crippen LogP contribution in [-0.2, 0) is 16.4 Å². The molecule has 0 N–H and O–H groups in total. The van der Waals surface area contributed by atoms with Crippen LogP contribution >= 0.6 is 23.4 Å². The van der Waals surface area contributed by atoms with Crippen molar-refractivity contribution in [2.45, 2.75) is 41.5 Å². The number of carbonyl (C=O) groups is 1. The van der Waals surface area contributed by atoms with Gasteiger partial charge in [0.15, 0.2) is 21.4 Å². The second kappa shape index (κ2) is 11.2. The second-order valence-corrected chi connectivity index (χ2v) is 12.6. The van der Waals surface area contributed by atoms with Crippen molar-refractivity contribution in [3.05, 3.63) is 101 Å². The van der Waals surface area contributed by atoms with Crippen molar-refractivity contribution in [3.63, 3.8) is 0 Å². The predicted octanol–water partition coefficient (Wildman–Crippen LogP) is 7.28. The number of sulfone groups is 1. The molecule has 11 heteroatoms. The number of benzene rings is 3. The molecule has 0 fully saturated rings. The maximum absolute atomic E-state index is 15.7. The fraction of sp³-hybridized carbons (Fsp3) is 0.172. The highest BCUT2D eigenvalue weighted by atomic mass is 35.5. The number of rotatable bonds is 9. The van der Waals surface area contributed by atoms with Gasteiger partial charge >= 0.3 is 0 Å². The Kier molecular flexibility index (Phi) is 7.85. The van der Waals surface area contributed by atoms with Gasteiger partial charge in [0.2, 0.25) is 0 Å². The maximum Gasteiger partial charge on any atom is 0.185 e. The van der Waals surface area contributed by atoms with E-state index in [1.807, 2.05) is 6.92 Å². The minimum absolute atomic E-state index is 0.0133. The molecular weight excluding hydrogens is 576 g/mol. The summed E-state index contributed by atoms with van der Waals surface area (Å²) in [4.78, 5) is 13.6. The van der Waals surface area contributed by atoms with Gasteiger partial charge in [-0.2, -0.15) is 5.10 Å². The third kappa shape index (κ3) is 5.18. The summed E-state index contributed by atoms with van der Waals surface area (Å²) in [5, 5.41) is 4.81. The summed E-state index contributed by atoms with van der Waals surface area (Å²) in [6.07, 6.45) is 4.30. The summed E-state index contributed by atoms with van der Waals surface area (Å²) < 4.78 is 60.0. The van der Waals surface area contributed by atoms with Crippen LogP contribution in [0.3, 0.4) is 0 Å². The van der Waals surface area contributed by atoms with Crippen molar-refractivity contribution in [1.29, 1.82) is 0 Å². The van der Waals surface area contributed by atoms with Gasteiger partial charge in [-0.1, -0.05) is 54.6 Å². The highest BCUT2D eigenvalue weighted by Gasteiger charge is 2.26. The van der Waals surface area contributed by atoms with Crippen molar-refractivity contribution in [3.8, 4) is 5.69 Å². The standard InChI is InChI=1S/C29H24ClF2N3O3S2/c1-3-14-34-16-19(15-33-34)35-18(2)29(22-12-13-23(30)27(32)28(22)35)39-25-11-7-10-21(26(25)31)24(36)17-40(37,38)20-8-5-4-6-9-20/h4-13,15-16H,3,14,17H2,1-2H3. The zero-order valence-electron chi connectivity index (χ0n) is 21.6. The minimum atomic E-state index is -3.96. The molecule has 0 amide bonds. The van der Waals surface area contributed by atoms with Crippen molar-refractivity contribution in [2.75, 3.05) is 5.75 Å². The van der Waals surface area contributed by atoms with Crippen LogP contribution in [0, 0.1) is 18.6 Å². The van der Waals surface area contributed by atoms with E-state index in [1.54, 1.807) is 52.8 Å². The van der Waals surface area contributed by atoms with E-state index in [9.17, 15) is 13.2 Å². The molecule has 5 aromatic rings. The van der Waals surface area contributed by atoms with E-state index in [0.29, 0.717) is 28.2 Å². The van der Waals surface area contributed by atoms with Gasteiger partial charge in [-0.05, 0) is 49.7 Å². The van der Waals surface area contributed by atoms with E-state index >= 15 is 8.78 Å². The van der Waals surface area contributed by atoms with E-state index in [-0.39, 0.29) is 25.9 Å². The molecule has 2 heterocycles. The molecular formula is C29H24ClF2N3O3S2. The van der Waals surface area contributed by atoms with Crippen LogP contribution < -0.4 is 0 Å². The van der Waals surface area contributed by atoms with Crippen LogP contribution in [-0.4, -0.2) is 34.3 Å². The Bertz CT molecular complexity index is 1850. The molecule has 0 aliphatic carbocycles. The summed E-state index contributed by atoms with van der Waals surface area (Å²) in [6, 6.07) is 14.9. The number of hydrogen-bond acceptors (Lipinski definition) is 5. The summed E-state index contributed by atoms with van der Waals surface area (Å²) in [5.74, 6) is -3.19. The molecule has 6 nitrogen and oxygen atoms in total. The molecule has 0 aliphatic rings. The molecule has 40 heavy (non-hydrogen) atoms. The van der Waals surface area contributed by atoms with Gasteiger partial charge in [0.25, 0.3) is 0 Å². The lowest BCUT2D eigenvalue weighted by atomic mass is 10.1. The molecule has 0 spiro atoms. The monoisotopic (exact) mass is 599 g/mol. The van der Waals surface area contributed by atoms with Crippen molar-refractivity contribution >= 4 is 49.9 Å². The third-order valence-corrected chi connectivity index (χ3v) is 9.61. The Morgan fingerprint density at radius 2 is 1.77 bits per heavy atom. The molecule has 2 aromatic heterocycles. The molecule has 0 atom stereocenters. The van der Waals surface area contributed by atoms with E-state index in [0.717, 1.165) is 18.2 Å². The SMILES string of the molecule is CCCn1cc(-n2c(C)c(Sc3cccc(C(=O)CS(=O)(=O)c4ccccc4)c3F)c3ccc(Cl)c(F)c32)cn1. The van der Waals surface area contributed by atoms with Gasteiger partial charge in [0.05, 0.1) is 32.9 Å². The molecule has 0 saturated carbocycles. The van der Waals surface area contributed by atoms with Gasteiger partial charge < -0.3 is 4.57 Å². The first-order valence-electron chi connectivity index (χ1n) is 12.4. The Hall–Kier alpha value is -3.47. The van der Waals surface area contributed by atoms with Crippen LogP contribution in [0.2, 0.25) is 5.02 Å². The third-order valence-electron chi connectivity index (χ3n) is 6.43. The Balaban J connectivity index is 1.55. The van der Waals surface area contributed by atoms with E-state index in [4.69, 9.17) is 11.6 Å². The molecule has 0 radical (unpaired) electrons. The predicted molar refractivity (Wildman–Crippen MR) is 152 cm³/mol. The molecule has 0 saturated heterocycles. The topological polar surface area (TPSA) is 74.0 Å². The smallest absolute Gasteiger partial charge is 0.185 e. The van der Waals surface area contributed by atoms with Gasteiger partial charge in [0.1, 0.15) is 11.6 Å². The normalized spacial score (nSPS) is 11.8. The first-order chi connectivity index (χ1) is 19.1. The van der Waals surface area contributed by atoms with E-state index in [2.05, 4.69) is 5.10 Å². The first kappa shape index (κ1) is 28.1. The van der Waals surface area contributed by atoms with Gasteiger partial charge in [-0.3, -0.25) is 9.48 Å². The molecule has 0 aliphatic heterocycles. The zero-order chi connectivity index (χ0) is 28.6. The molecule has 3 aromatic carbocycles. The summed E-state index contributed by atoms with van der Waals surface area (Å²) >= 11 is 7.17. The summed E-state index contributed by atoms with van der Waals surface area (Å²) in [6.45, 7) is 4.50. The number of Topliss-reactive ketones (excluding diaryl/α,β-unsaturated/α-hetero) is 1. The largest absolute Gasteiger partial charge is 0.307 e. The van der Waals surface area contributed by atoms with Crippen LogP contribution in [0.1, 0.15) is 29.4 Å². The van der Waals surface area contributed by atoms with Gasteiger partial charge in [-0.15, -0.1) is 0 Å². The van der Waals surface area contributed by atoms with Gasteiger partial charge in [0, 0.05) is 33.6 Å². The number of ketones is 1. The number of aromatic nitrogens is 3. The highest BCUT2D eigenvalue weighted by molar-refractivity contribution is 7.99. The Morgan fingerprint density at radius 3 is 2.50 bits per heavy atom. The number of fused-ring (bicyclic) bond motifs is 1. The number of halogens is 3. The average Bonchev–Trinajstić information content (AvgIpc) is 3.50. The number of carbonyl (C=O) groups excluding carboxylic acids is 1. The number of aryl methyl sites for hydroxylation is 1. The maximum atomic E-state index is 15.7. The fourth-order valence-corrected chi connectivity index (χ4v) is 7.02. The Labute approximate surface area is 239 Å². The van der Waals surface area contributed by atoms with E-state index in [1.165, 1.54) is 36.4 Å². The van der Waals surface area contributed by atoms with Crippen molar-refractivity contribution in [2.24, 2.45) is 0 Å². The fourth-order valence-electron chi connectivity index (χ4n) is 4.55. The average molecular weight is 600 g/mol. The van der Waals surface area contributed by atoms with Crippen LogP contribution in [0.5, 0.6) is 0 Å². The number of hydrogen-bond donors (Lipinski definition) is 0. The number of nitrogens with zero attached hydrogens (tertiary/aromatic N) is 3. The van der Waals surface area contributed by atoms with Crippen LogP contribution in [0.15, 0.2) is 87.7 Å². The lowest BCUT2D eigenvalue weighted by Gasteiger charge is -2.09. The molecule has 5 rings (SSSR count). The quantitative estimate of drug-likeness (QED) is 0.166. The first-order valence-corrected chi connectivity index (χ1v) is 15.3. The summed E-state index contributed by atoms with van der Waals surface area (Å²) in [7, 11) is -3.96.